The van der Waals surface area contributed by atoms with E-state index in [4.69, 9.17) is 11.6 Å². The van der Waals surface area contributed by atoms with Crippen LogP contribution in [0.25, 0.3) is 27.8 Å². The zero-order chi connectivity index (χ0) is 27.3. The van der Waals surface area contributed by atoms with Crippen molar-refractivity contribution < 1.29 is 4.79 Å². The van der Waals surface area contributed by atoms with Crippen molar-refractivity contribution in [2.75, 3.05) is 0 Å². The van der Waals surface area contributed by atoms with Gasteiger partial charge in [0.25, 0.3) is 5.91 Å². The number of aryl methyl sites for hydroxylation is 3. The number of benzene rings is 1. The molecule has 8 nitrogen and oxygen atoms in total. The highest BCUT2D eigenvalue weighted by atomic mass is 35.5. The Balaban J connectivity index is 1.22. The Hall–Kier alpha value is -3.91. The number of nitrogens with zero attached hydrogens (tertiary/aromatic N) is 5. The average molecular weight is 543 g/mol. The normalized spacial score (nSPS) is 17.6. The molecule has 1 aliphatic rings. The van der Waals surface area contributed by atoms with Crippen molar-refractivity contribution in [3.8, 4) is 5.69 Å². The third kappa shape index (κ3) is 4.63. The van der Waals surface area contributed by atoms with Gasteiger partial charge in [0.05, 0.1) is 39.2 Å². The van der Waals surface area contributed by atoms with Crippen molar-refractivity contribution in [3.63, 3.8) is 0 Å². The van der Waals surface area contributed by atoms with Crippen LogP contribution in [0.1, 0.15) is 47.3 Å². The number of imidazole rings is 1. The fourth-order valence-electron chi connectivity index (χ4n) is 5.94. The number of rotatable bonds is 5. The molecule has 0 bridgehead atoms. The van der Waals surface area contributed by atoms with Crippen LogP contribution in [-0.4, -0.2) is 35.6 Å². The molecule has 200 valence electrons. The molecule has 9 heteroatoms. The van der Waals surface area contributed by atoms with Crippen LogP contribution in [0, 0.1) is 19.8 Å². The molecule has 1 saturated carbocycles. The lowest BCUT2D eigenvalue weighted by atomic mass is 9.85. The van der Waals surface area contributed by atoms with E-state index in [9.17, 15) is 9.59 Å². The minimum atomic E-state index is -0.135. The van der Waals surface area contributed by atoms with E-state index in [0.29, 0.717) is 28.7 Å². The highest BCUT2D eigenvalue weighted by Gasteiger charge is 2.26. The van der Waals surface area contributed by atoms with E-state index in [2.05, 4.69) is 34.5 Å². The lowest BCUT2D eigenvalue weighted by Gasteiger charge is -2.29. The van der Waals surface area contributed by atoms with Gasteiger partial charge in [-0.05, 0) is 75.3 Å². The molecule has 6 rings (SSSR count). The van der Waals surface area contributed by atoms with Crippen molar-refractivity contribution in [3.05, 3.63) is 87.3 Å². The molecule has 0 spiro atoms. The molecular weight excluding hydrogens is 512 g/mol. The van der Waals surface area contributed by atoms with Crippen molar-refractivity contribution in [1.82, 2.24) is 29.0 Å². The molecule has 0 saturated heterocycles. The Morgan fingerprint density at radius 1 is 1.05 bits per heavy atom. The van der Waals surface area contributed by atoms with Gasteiger partial charge in [0.2, 0.25) is 0 Å². The summed E-state index contributed by atoms with van der Waals surface area (Å²) in [4.78, 5) is 35.5. The predicted octanol–water partition coefficient (Wildman–Crippen LogP) is 5.33. The van der Waals surface area contributed by atoms with Crippen LogP contribution in [0.4, 0.5) is 0 Å². The molecule has 1 aromatic carbocycles. The third-order valence-electron chi connectivity index (χ3n) is 8.01. The van der Waals surface area contributed by atoms with Crippen molar-refractivity contribution >= 4 is 39.6 Å². The number of nitrogens with one attached hydrogen (secondary N) is 1. The predicted molar refractivity (Wildman–Crippen MR) is 154 cm³/mol. The van der Waals surface area contributed by atoms with Gasteiger partial charge in [-0.15, -0.1) is 0 Å². The standard InChI is InChI=1S/C30H31ClN6O2/c1-18-16-35(3)28-24(18)13-23(15-33-28)37-27-7-5-4-6-26(27)36(30(37)39)17-20-8-10-22(11-9-20)34-29(38)25-12-21(31)14-32-19(25)2/h4-7,12-16,20,22H,8-11,17H2,1-3H3,(H,34,38)/t20-,22-. The monoisotopic (exact) mass is 542 g/mol. The minimum Gasteiger partial charge on any atom is -0.349 e. The van der Waals surface area contributed by atoms with E-state index in [0.717, 1.165) is 59.0 Å². The van der Waals surface area contributed by atoms with E-state index in [-0.39, 0.29) is 17.6 Å². The molecule has 0 atom stereocenters. The van der Waals surface area contributed by atoms with Crippen molar-refractivity contribution in [1.29, 1.82) is 0 Å². The highest BCUT2D eigenvalue weighted by molar-refractivity contribution is 6.30. The minimum absolute atomic E-state index is 0.0507. The van der Waals surface area contributed by atoms with Crippen LogP contribution in [0.2, 0.25) is 5.02 Å². The van der Waals surface area contributed by atoms with E-state index < -0.39 is 0 Å². The molecule has 5 aromatic rings. The summed E-state index contributed by atoms with van der Waals surface area (Å²) in [7, 11) is 1.98. The first-order chi connectivity index (χ1) is 18.8. The second-order valence-corrected chi connectivity index (χ2v) is 11.1. The molecule has 4 aromatic heterocycles. The zero-order valence-electron chi connectivity index (χ0n) is 22.3. The summed E-state index contributed by atoms with van der Waals surface area (Å²) in [5.74, 6) is 0.214. The summed E-state index contributed by atoms with van der Waals surface area (Å²) in [5, 5.41) is 4.65. The van der Waals surface area contributed by atoms with Gasteiger partial charge in [0.15, 0.2) is 0 Å². The first kappa shape index (κ1) is 25.4. The summed E-state index contributed by atoms with van der Waals surface area (Å²) in [6, 6.07) is 11.8. The molecule has 4 heterocycles. The van der Waals surface area contributed by atoms with Gasteiger partial charge in [-0.25, -0.2) is 9.78 Å². The number of pyridine rings is 2. The number of hydrogen-bond acceptors (Lipinski definition) is 4. The fourth-order valence-corrected chi connectivity index (χ4v) is 6.10. The zero-order valence-corrected chi connectivity index (χ0v) is 23.1. The molecule has 39 heavy (non-hydrogen) atoms. The van der Waals surface area contributed by atoms with Gasteiger partial charge < -0.3 is 9.88 Å². The highest BCUT2D eigenvalue weighted by Crippen LogP contribution is 2.28. The fraction of sp³-hybridized carbons (Fsp3) is 0.333. The SMILES string of the molecule is Cc1ncc(Cl)cc1C(=O)N[C@H]1CC[C@H](Cn2c(=O)n(-c3cnc4c(c3)c(C)cn4C)c3ccccc32)CC1. The number of hydrogen-bond donors (Lipinski definition) is 1. The maximum Gasteiger partial charge on any atom is 0.333 e. The lowest BCUT2D eigenvalue weighted by molar-refractivity contribution is 0.0919. The number of halogens is 1. The van der Waals surface area contributed by atoms with Gasteiger partial charge in [-0.3, -0.25) is 18.9 Å². The summed E-state index contributed by atoms with van der Waals surface area (Å²) < 4.78 is 5.69. The Morgan fingerprint density at radius 3 is 2.56 bits per heavy atom. The maximum atomic E-state index is 13.8. The number of aromatic nitrogens is 5. The lowest BCUT2D eigenvalue weighted by Crippen LogP contribution is -2.39. The molecule has 0 aliphatic heterocycles. The summed E-state index contributed by atoms with van der Waals surface area (Å²) in [6.45, 7) is 4.52. The molecule has 0 unspecified atom stereocenters. The Kier molecular flexibility index (Phi) is 6.51. The molecule has 1 N–H and O–H groups in total. The van der Waals surface area contributed by atoms with E-state index >= 15 is 0 Å². The Labute approximate surface area is 231 Å². The second-order valence-electron chi connectivity index (χ2n) is 10.7. The number of fused-ring (bicyclic) bond motifs is 2. The van der Waals surface area contributed by atoms with Crippen LogP contribution in [-0.2, 0) is 13.6 Å². The molecule has 1 aliphatic carbocycles. The van der Waals surface area contributed by atoms with Gasteiger partial charge in [-0.1, -0.05) is 23.7 Å². The first-order valence-electron chi connectivity index (χ1n) is 13.4. The Bertz CT molecular complexity index is 1770. The van der Waals surface area contributed by atoms with E-state index in [1.54, 1.807) is 23.0 Å². The smallest absolute Gasteiger partial charge is 0.333 e. The number of para-hydroxylation sites is 2. The van der Waals surface area contributed by atoms with Crippen LogP contribution >= 0.6 is 11.6 Å². The first-order valence-corrected chi connectivity index (χ1v) is 13.7. The summed E-state index contributed by atoms with van der Waals surface area (Å²) in [6.07, 6.45) is 8.98. The number of carbonyl (C=O) groups is 1. The molecule has 1 amide bonds. The van der Waals surface area contributed by atoms with Crippen LogP contribution in [0.15, 0.2) is 59.8 Å². The van der Waals surface area contributed by atoms with Crippen LogP contribution < -0.4 is 11.0 Å². The van der Waals surface area contributed by atoms with Crippen molar-refractivity contribution in [2.24, 2.45) is 13.0 Å². The van der Waals surface area contributed by atoms with Crippen LogP contribution in [0.5, 0.6) is 0 Å². The molecule has 0 radical (unpaired) electrons. The largest absolute Gasteiger partial charge is 0.349 e. The number of amides is 1. The van der Waals surface area contributed by atoms with Gasteiger partial charge in [0, 0.05) is 37.4 Å². The van der Waals surface area contributed by atoms with Gasteiger partial charge in [-0.2, -0.15) is 0 Å². The quantitative estimate of drug-likeness (QED) is 0.325. The third-order valence-corrected chi connectivity index (χ3v) is 8.22. The van der Waals surface area contributed by atoms with Crippen molar-refractivity contribution in [2.45, 2.75) is 52.1 Å². The van der Waals surface area contributed by atoms with Gasteiger partial charge >= 0.3 is 5.69 Å². The second kappa shape index (κ2) is 10.0. The topological polar surface area (TPSA) is 86.7 Å². The maximum absolute atomic E-state index is 13.8. The van der Waals surface area contributed by atoms with Crippen LogP contribution in [0.3, 0.4) is 0 Å². The van der Waals surface area contributed by atoms with E-state index in [1.165, 1.54) is 0 Å². The van der Waals surface area contributed by atoms with Gasteiger partial charge in [0.1, 0.15) is 5.65 Å². The summed E-state index contributed by atoms with van der Waals surface area (Å²) in [5.41, 5.74) is 5.73. The average Bonchev–Trinajstić information content (AvgIpc) is 3.37. The Morgan fingerprint density at radius 2 is 1.79 bits per heavy atom. The van der Waals surface area contributed by atoms with E-state index in [1.807, 2.05) is 47.4 Å². The number of carbonyl (C=O) groups excluding carboxylic acids is 1. The molecule has 1 fully saturated rings. The summed E-state index contributed by atoms with van der Waals surface area (Å²) >= 11 is 6.05. The molecular formula is C30H31ClN6O2.